The van der Waals surface area contributed by atoms with Crippen molar-refractivity contribution >= 4 is 12.3 Å². The van der Waals surface area contributed by atoms with E-state index in [0.717, 1.165) is 44.1 Å². The molecule has 1 aromatic rings. The monoisotopic (exact) mass is 512 g/mol. The van der Waals surface area contributed by atoms with E-state index in [4.69, 9.17) is 23.4 Å². The second-order valence-electron chi connectivity index (χ2n) is 6.94. The van der Waals surface area contributed by atoms with E-state index in [2.05, 4.69) is 26.9 Å². The molecule has 3 radical (unpaired) electrons. The summed E-state index contributed by atoms with van der Waals surface area (Å²) >= 11 is 0. The second kappa shape index (κ2) is 31.1. The molecule has 0 amide bonds. The van der Waals surface area contributed by atoms with Gasteiger partial charge in [-0.2, -0.15) is 0 Å². The summed E-state index contributed by atoms with van der Waals surface area (Å²) in [7, 11) is 0. The van der Waals surface area contributed by atoms with Gasteiger partial charge in [0.1, 0.15) is 5.78 Å². The van der Waals surface area contributed by atoms with Crippen LogP contribution in [-0.2, 0) is 56.7 Å². The molecule has 0 N–H and O–H groups in total. The zero-order valence-corrected chi connectivity index (χ0v) is 20.8. The van der Waals surface area contributed by atoms with Crippen LogP contribution < -0.4 is 0 Å². The third-order valence-electron chi connectivity index (χ3n) is 4.36. The number of unbranched alkanes of at least 4 members (excludes halogenated alkanes) is 3. The molecule has 0 aliphatic carbocycles. The minimum Gasteiger partial charge on any atom is 0 e. The van der Waals surface area contributed by atoms with Crippen molar-refractivity contribution in [2.45, 2.75) is 71.0 Å². The Morgan fingerprint density at radius 2 is 1.65 bits per heavy atom. The van der Waals surface area contributed by atoms with Crippen molar-refractivity contribution in [3.63, 3.8) is 0 Å². The Kier molecular flexibility index (Phi) is 35.9. The SMILES string of the molecule is CCCCCC(C)([CH][CH][CH]C(=O)CCCCOCc1ccccc1)O[C-]=O.[C-]#[O+].[C-]#[O+].[C-]#[O+].[Fe]. The number of hydrogen-bond acceptors (Lipinski definition) is 4. The molecule has 0 saturated carbocycles. The Morgan fingerprint density at radius 1 is 1.03 bits per heavy atom. The first-order valence-electron chi connectivity index (χ1n) is 10.4. The molecule has 0 aliphatic heterocycles. The van der Waals surface area contributed by atoms with E-state index in [9.17, 15) is 9.59 Å². The topological polar surface area (TPSA) is 112 Å². The molecule has 8 heteroatoms. The Morgan fingerprint density at radius 3 is 2.21 bits per heavy atom. The van der Waals surface area contributed by atoms with Crippen LogP contribution in [0.4, 0.5) is 0 Å². The van der Waals surface area contributed by atoms with E-state index in [1.165, 1.54) is 6.47 Å². The first-order chi connectivity index (χ1) is 16.1. The molecule has 1 atom stereocenters. The van der Waals surface area contributed by atoms with Gasteiger partial charge in [-0.05, 0) is 44.6 Å². The third-order valence-corrected chi connectivity index (χ3v) is 4.36. The predicted octanol–water partition coefficient (Wildman–Crippen LogP) is 4.86. The number of carbonyl (C=O) groups excluding carboxylic acids is 2. The van der Waals surface area contributed by atoms with E-state index < -0.39 is 5.60 Å². The fraction of sp³-hybridized carbons (Fsp3) is 0.462. The molecule has 0 spiro atoms. The fourth-order valence-electron chi connectivity index (χ4n) is 2.70. The molecule has 34 heavy (non-hydrogen) atoms. The molecule has 7 nitrogen and oxygen atoms in total. The number of ether oxygens (including phenoxy) is 2. The van der Waals surface area contributed by atoms with Gasteiger partial charge in [0.25, 0.3) is 0 Å². The number of benzene rings is 1. The van der Waals surface area contributed by atoms with Crippen LogP contribution in [0.25, 0.3) is 0 Å². The summed E-state index contributed by atoms with van der Waals surface area (Å²) in [4.78, 5) is 22.5. The van der Waals surface area contributed by atoms with Crippen molar-refractivity contribution in [3.8, 4) is 0 Å². The van der Waals surface area contributed by atoms with Gasteiger partial charge in [-0.15, -0.1) is 0 Å². The van der Waals surface area contributed by atoms with Gasteiger partial charge in [0.05, 0.1) is 12.2 Å². The van der Waals surface area contributed by atoms with Gasteiger partial charge in [-0.3, -0.25) is 4.79 Å². The van der Waals surface area contributed by atoms with Gasteiger partial charge in [0.2, 0.25) is 0 Å². The molecular weight excluding hydrogens is 480 g/mol. The van der Waals surface area contributed by atoms with Crippen LogP contribution in [0.5, 0.6) is 0 Å². The first-order valence-corrected chi connectivity index (χ1v) is 10.4. The molecule has 0 aliphatic rings. The Hall–Kier alpha value is -1.94. The van der Waals surface area contributed by atoms with Crippen molar-refractivity contribution in [1.82, 2.24) is 0 Å². The molecule has 0 heterocycles. The molecule has 1 unspecified atom stereocenters. The van der Waals surface area contributed by atoms with Gasteiger partial charge < -0.3 is 14.3 Å². The fourth-order valence-corrected chi connectivity index (χ4v) is 2.70. The minimum absolute atomic E-state index is 0. The molecule has 0 aromatic heterocycles. The standard InChI is InChI=1S/C23H32O4.3CO.Fe/c1-3-4-9-16-23(2,27-20-24)17-11-15-22(25)14-8-10-18-26-19-21-12-6-5-7-13-21;3*1-2;/h5-7,11-13,15,17H,3-4,8-10,14,16,18-19H2,1-2H3;;;;/q-1;;;;. The number of rotatable bonds is 17. The minimum atomic E-state index is -0.695. The summed E-state index contributed by atoms with van der Waals surface area (Å²) in [5.74, 6) is 0.0697. The van der Waals surface area contributed by atoms with Crippen LogP contribution in [-0.4, -0.2) is 24.5 Å². The summed E-state index contributed by atoms with van der Waals surface area (Å²) in [5.41, 5.74) is 0.461. The van der Waals surface area contributed by atoms with Crippen LogP contribution in [0, 0.1) is 39.2 Å². The van der Waals surface area contributed by atoms with Crippen LogP contribution in [0.1, 0.15) is 64.4 Å². The van der Waals surface area contributed by atoms with E-state index in [1.54, 1.807) is 19.3 Å². The van der Waals surface area contributed by atoms with Crippen molar-refractivity contribution in [3.05, 3.63) is 75.1 Å². The quantitative estimate of drug-likeness (QED) is 0.128. The summed E-state index contributed by atoms with van der Waals surface area (Å²) < 4.78 is 33.2. The average molecular weight is 512 g/mol. The summed E-state index contributed by atoms with van der Waals surface area (Å²) in [6.45, 7) is 20.2. The van der Waals surface area contributed by atoms with Gasteiger partial charge >= 0.3 is 33.9 Å². The maximum absolute atomic E-state index is 11.9. The van der Waals surface area contributed by atoms with Crippen molar-refractivity contribution in [1.29, 1.82) is 0 Å². The van der Waals surface area contributed by atoms with Gasteiger partial charge in [-0.1, -0.05) is 56.6 Å². The van der Waals surface area contributed by atoms with Crippen LogP contribution in [0.2, 0.25) is 0 Å². The summed E-state index contributed by atoms with van der Waals surface area (Å²) in [6.07, 6.45) is 11.0. The molecular formula is C26H32FeO7-. The molecule has 1 aromatic carbocycles. The number of Topliss-reactive ketones (excluding diaryl/α,β-unsaturated/α-hetero) is 1. The van der Waals surface area contributed by atoms with Crippen LogP contribution in [0.3, 0.4) is 0 Å². The van der Waals surface area contributed by atoms with Gasteiger partial charge in [0, 0.05) is 42.9 Å². The number of ketones is 1. The predicted molar refractivity (Wildman–Crippen MR) is 119 cm³/mol. The Bertz CT molecular complexity index is 629. The van der Waals surface area contributed by atoms with E-state index >= 15 is 0 Å². The summed E-state index contributed by atoms with van der Waals surface area (Å²) in [6, 6.07) is 10.0. The maximum Gasteiger partial charge on any atom is 0 e. The normalized spacial score (nSPS) is 10.6. The van der Waals surface area contributed by atoms with Gasteiger partial charge in [0.15, 0.2) is 0 Å². The maximum atomic E-state index is 11.9. The number of hydrogen-bond donors (Lipinski definition) is 0. The van der Waals surface area contributed by atoms with Crippen LogP contribution >= 0.6 is 0 Å². The molecule has 1 rings (SSSR count). The average Bonchev–Trinajstić information content (AvgIpc) is 2.86. The first kappa shape index (κ1) is 39.3. The van der Waals surface area contributed by atoms with E-state index in [0.29, 0.717) is 19.6 Å². The molecule has 0 fully saturated rings. The molecule has 0 saturated heterocycles. The zero-order valence-electron chi connectivity index (χ0n) is 19.7. The van der Waals surface area contributed by atoms with Crippen molar-refractivity contribution in [2.75, 3.05) is 6.61 Å². The van der Waals surface area contributed by atoms with Crippen molar-refractivity contribution < 1.29 is 50.1 Å². The Balaban J connectivity index is -0.000000593. The van der Waals surface area contributed by atoms with E-state index in [-0.39, 0.29) is 22.9 Å². The largest absolute Gasteiger partial charge is 0 e. The summed E-state index contributed by atoms with van der Waals surface area (Å²) in [5, 5.41) is 0. The molecule has 187 valence electrons. The Labute approximate surface area is 215 Å². The smallest absolute Gasteiger partial charge is 0 e. The van der Waals surface area contributed by atoms with Crippen LogP contribution in [0.15, 0.2) is 30.3 Å². The van der Waals surface area contributed by atoms with Crippen molar-refractivity contribution in [2.24, 2.45) is 0 Å². The number of carbonyl (C=O) groups is 1. The molecule has 0 bridgehead atoms. The zero-order chi connectivity index (χ0) is 25.8. The second-order valence-corrected chi connectivity index (χ2v) is 6.94. The third kappa shape index (κ3) is 24.7. The van der Waals surface area contributed by atoms with E-state index in [1.807, 2.05) is 37.3 Å². The van der Waals surface area contributed by atoms with Gasteiger partial charge in [-0.25, -0.2) is 0 Å².